The minimum atomic E-state index is -0.410. The van der Waals surface area contributed by atoms with E-state index < -0.39 is 5.41 Å². The molecular formula is C56H46N6O2. The van der Waals surface area contributed by atoms with Crippen molar-refractivity contribution in [3.63, 3.8) is 0 Å². The number of aromatic nitrogens is 6. The molecule has 2 aromatic heterocycles. The number of rotatable bonds is 10. The number of allylic oxidation sites excluding steroid dienone is 7. The minimum absolute atomic E-state index is 0.409. The summed E-state index contributed by atoms with van der Waals surface area (Å²) in [7, 11) is 3.36. The molecule has 0 saturated carbocycles. The summed E-state index contributed by atoms with van der Waals surface area (Å²) in [4.78, 5) is 30.1. The zero-order chi connectivity index (χ0) is 43.6. The standard InChI is InChI=1S/C56H46N6O2/c1-36-11-8-16-44(35-36)54-60-53(61-55(62-54)56(2)33-31-46(64-4)32-34-56)42-25-21-38(22-26-42)48-18-10-15-39-14-9-17-47(49(39)48)37-19-23-41(24-20-37)51-57-50(40-12-6-5-7-13-40)58-52(59-51)43-27-29-45(63-3)30-28-43/h5-10,12-33,35-36H,11,34H2,1-4H3. The van der Waals surface area contributed by atoms with E-state index in [1.54, 1.807) is 14.2 Å². The second kappa shape index (κ2) is 17.1. The quantitative estimate of drug-likeness (QED) is 0.134. The van der Waals surface area contributed by atoms with Crippen molar-refractivity contribution in [2.75, 3.05) is 14.2 Å². The first-order chi connectivity index (χ1) is 31.3. The molecule has 6 aromatic carbocycles. The van der Waals surface area contributed by atoms with Gasteiger partial charge in [-0.1, -0.05) is 146 Å². The van der Waals surface area contributed by atoms with Crippen LogP contribution in [0.3, 0.4) is 0 Å². The van der Waals surface area contributed by atoms with Gasteiger partial charge in [0.2, 0.25) is 0 Å². The van der Waals surface area contributed by atoms with E-state index in [-0.39, 0.29) is 0 Å². The van der Waals surface area contributed by atoms with Crippen LogP contribution in [-0.4, -0.2) is 44.1 Å². The van der Waals surface area contributed by atoms with Crippen LogP contribution in [0.1, 0.15) is 38.3 Å². The Balaban J connectivity index is 1.00. The van der Waals surface area contributed by atoms with Gasteiger partial charge < -0.3 is 9.47 Å². The van der Waals surface area contributed by atoms with E-state index in [9.17, 15) is 0 Å². The lowest BCUT2D eigenvalue weighted by atomic mass is 9.82. The Morgan fingerprint density at radius 2 is 1.03 bits per heavy atom. The van der Waals surface area contributed by atoms with Gasteiger partial charge in [0.05, 0.1) is 14.2 Å². The van der Waals surface area contributed by atoms with Gasteiger partial charge >= 0.3 is 0 Å². The van der Waals surface area contributed by atoms with E-state index in [4.69, 9.17) is 39.4 Å². The predicted octanol–water partition coefficient (Wildman–Crippen LogP) is 12.9. The van der Waals surface area contributed by atoms with Crippen LogP contribution in [0, 0.1) is 5.92 Å². The van der Waals surface area contributed by atoms with E-state index in [2.05, 4.69) is 129 Å². The van der Waals surface area contributed by atoms with E-state index in [1.165, 1.54) is 5.39 Å². The third-order valence-electron chi connectivity index (χ3n) is 12.1. The number of fused-ring (bicyclic) bond motifs is 1. The van der Waals surface area contributed by atoms with Crippen molar-refractivity contribution in [3.8, 4) is 73.6 Å². The minimum Gasteiger partial charge on any atom is -0.497 e. The van der Waals surface area contributed by atoms with Crippen molar-refractivity contribution in [1.82, 2.24) is 29.9 Å². The van der Waals surface area contributed by atoms with Crippen molar-refractivity contribution in [3.05, 3.63) is 193 Å². The third-order valence-corrected chi connectivity index (χ3v) is 12.1. The normalized spacial score (nSPS) is 16.9. The predicted molar refractivity (Wildman–Crippen MR) is 257 cm³/mol. The molecule has 8 nitrogen and oxygen atoms in total. The average molecular weight is 835 g/mol. The van der Waals surface area contributed by atoms with Gasteiger partial charge in [0, 0.05) is 33.2 Å². The Bertz CT molecular complexity index is 3130. The first-order valence-electron chi connectivity index (χ1n) is 21.6. The lowest BCUT2D eigenvalue weighted by Crippen LogP contribution is -2.25. The maximum absolute atomic E-state index is 5.50. The van der Waals surface area contributed by atoms with Crippen molar-refractivity contribution in [2.24, 2.45) is 5.92 Å². The molecule has 2 aliphatic carbocycles. The number of hydrogen-bond acceptors (Lipinski definition) is 8. The number of benzene rings is 6. The Hall–Kier alpha value is -7.84. The maximum atomic E-state index is 5.50. The summed E-state index contributed by atoms with van der Waals surface area (Å²) >= 11 is 0. The van der Waals surface area contributed by atoms with Crippen LogP contribution in [0.4, 0.5) is 0 Å². The Morgan fingerprint density at radius 1 is 0.516 bits per heavy atom. The molecule has 2 atom stereocenters. The molecular weight excluding hydrogens is 789 g/mol. The van der Waals surface area contributed by atoms with Crippen molar-refractivity contribution in [2.45, 2.75) is 32.1 Å². The Kier molecular flexibility index (Phi) is 10.8. The summed E-state index contributed by atoms with van der Waals surface area (Å²) in [5.41, 5.74) is 8.72. The van der Waals surface area contributed by atoms with E-state index in [0.29, 0.717) is 35.0 Å². The molecule has 0 N–H and O–H groups in total. The van der Waals surface area contributed by atoms with Gasteiger partial charge in [0.25, 0.3) is 0 Å². The summed E-state index contributed by atoms with van der Waals surface area (Å²) in [6, 6.07) is 47.9. The molecule has 0 spiro atoms. The molecule has 0 radical (unpaired) electrons. The van der Waals surface area contributed by atoms with Crippen molar-refractivity contribution < 1.29 is 9.47 Å². The van der Waals surface area contributed by atoms with Gasteiger partial charge in [-0.2, -0.15) is 0 Å². The molecule has 64 heavy (non-hydrogen) atoms. The molecule has 8 heteroatoms. The fourth-order valence-electron chi connectivity index (χ4n) is 8.42. The van der Waals surface area contributed by atoms with Crippen molar-refractivity contribution in [1.29, 1.82) is 0 Å². The van der Waals surface area contributed by atoms with E-state index >= 15 is 0 Å². The highest BCUT2D eigenvalue weighted by Crippen LogP contribution is 2.39. The summed E-state index contributed by atoms with van der Waals surface area (Å²) in [5.74, 6) is 5.92. The highest BCUT2D eigenvalue weighted by atomic mass is 16.5. The van der Waals surface area contributed by atoms with Crippen LogP contribution in [0.5, 0.6) is 5.75 Å². The zero-order valence-electron chi connectivity index (χ0n) is 36.2. The van der Waals surface area contributed by atoms with Crippen LogP contribution >= 0.6 is 0 Å². The van der Waals surface area contributed by atoms with Gasteiger partial charge in [0.15, 0.2) is 29.1 Å². The topological polar surface area (TPSA) is 95.8 Å². The Labute approximate surface area is 373 Å². The second-order valence-electron chi connectivity index (χ2n) is 16.6. The highest BCUT2D eigenvalue weighted by molar-refractivity contribution is 6.06. The summed E-state index contributed by atoms with van der Waals surface area (Å²) in [6.07, 6.45) is 14.6. The summed E-state index contributed by atoms with van der Waals surface area (Å²) < 4.78 is 10.9. The van der Waals surface area contributed by atoms with Gasteiger partial charge in [-0.25, -0.2) is 29.9 Å². The fraction of sp³-hybridized carbons (Fsp3) is 0.143. The molecule has 0 aliphatic heterocycles. The summed E-state index contributed by atoms with van der Waals surface area (Å²) in [5, 5.41) is 2.33. The van der Waals surface area contributed by atoms with Crippen LogP contribution in [0.25, 0.3) is 84.2 Å². The third kappa shape index (κ3) is 8.02. The molecule has 2 aliphatic rings. The number of methoxy groups -OCH3 is 2. The number of hydrogen-bond donors (Lipinski definition) is 0. The lowest BCUT2D eigenvalue weighted by Gasteiger charge is -2.27. The second-order valence-corrected chi connectivity index (χ2v) is 16.6. The smallest absolute Gasteiger partial charge is 0.164 e. The largest absolute Gasteiger partial charge is 0.497 e. The maximum Gasteiger partial charge on any atom is 0.164 e. The average Bonchev–Trinajstić information content (AvgIpc) is 3.36. The highest BCUT2D eigenvalue weighted by Gasteiger charge is 2.30. The SMILES string of the molecule is COC1=CCC(C)(c2nc(C3=CC(C)CC=C3)nc(-c3ccc(-c4cccc5cccc(-c6ccc(-c7nc(-c8ccccc8)nc(-c8ccc(OC)cc8)n7)cc6)c45)cc3)n2)C=C1. The molecule has 2 heterocycles. The van der Waals surface area contributed by atoms with Gasteiger partial charge in [-0.05, 0) is 95.1 Å². The van der Waals surface area contributed by atoms with E-state index in [0.717, 1.165) is 85.6 Å². The molecule has 312 valence electrons. The van der Waals surface area contributed by atoms with Crippen LogP contribution in [0.2, 0.25) is 0 Å². The lowest BCUT2D eigenvalue weighted by molar-refractivity contribution is 0.299. The van der Waals surface area contributed by atoms with Gasteiger partial charge in [0.1, 0.15) is 17.3 Å². The molecule has 0 bridgehead atoms. The monoisotopic (exact) mass is 834 g/mol. The van der Waals surface area contributed by atoms with E-state index in [1.807, 2.05) is 60.7 Å². The van der Waals surface area contributed by atoms with Crippen LogP contribution in [0.15, 0.2) is 182 Å². The fourth-order valence-corrected chi connectivity index (χ4v) is 8.42. The molecule has 10 rings (SSSR count). The zero-order valence-corrected chi connectivity index (χ0v) is 36.2. The number of nitrogens with zero attached hydrogens (tertiary/aromatic N) is 6. The van der Waals surface area contributed by atoms with Crippen molar-refractivity contribution >= 4 is 16.3 Å². The van der Waals surface area contributed by atoms with Crippen LogP contribution in [-0.2, 0) is 10.2 Å². The van der Waals surface area contributed by atoms with Gasteiger partial charge in [-0.3, -0.25) is 0 Å². The molecule has 0 fully saturated rings. The summed E-state index contributed by atoms with van der Waals surface area (Å²) in [6.45, 7) is 4.40. The molecule has 8 aromatic rings. The molecule has 2 unspecified atom stereocenters. The van der Waals surface area contributed by atoms with Gasteiger partial charge in [-0.15, -0.1) is 0 Å². The first-order valence-corrected chi connectivity index (χ1v) is 21.6. The Morgan fingerprint density at radius 3 is 1.56 bits per heavy atom. The molecule has 0 saturated heterocycles. The number of ether oxygens (including phenoxy) is 2. The van der Waals surface area contributed by atoms with Crippen LogP contribution < -0.4 is 4.74 Å². The first kappa shape index (κ1) is 40.2. The molecule has 0 amide bonds.